The number of carbonyl (C=O) groups excluding carboxylic acids is 2. The Balaban J connectivity index is 1.79. The Bertz CT molecular complexity index is 895. The van der Waals surface area contributed by atoms with Crippen molar-refractivity contribution < 1.29 is 9.59 Å². The lowest BCUT2D eigenvalue weighted by Crippen LogP contribution is -2.51. The van der Waals surface area contributed by atoms with Crippen molar-refractivity contribution in [3.05, 3.63) is 36.0 Å². The summed E-state index contributed by atoms with van der Waals surface area (Å²) in [7, 11) is 1.87. The fraction of sp³-hybridized carbons (Fsp3) is 0.476. The van der Waals surface area contributed by atoms with E-state index in [-0.39, 0.29) is 23.8 Å². The maximum atomic E-state index is 12.9. The maximum absolute atomic E-state index is 12.9. The number of amides is 2. The molecule has 6 heteroatoms. The molecule has 0 aliphatic heterocycles. The van der Waals surface area contributed by atoms with Gasteiger partial charge < -0.3 is 15.2 Å². The molecule has 6 nitrogen and oxygen atoms in total. The van der Waals surface area contributed by atoms with Crippen LogP contribution in [0.3, 0.4) is 0 Å². The highest BCUT2D eigenvalue weighted by molar-refractivity contribution is 5.99. The van der Waals surface area contributed by atoms with Gasteiger partial charge in [0.1, 0.15) is 11.7 Å². The monoisotopic (exact) mass is 366 g/mol. The molecule has 2 N–H and O–H groups in total. The van der Waals surface area contributed by atoms with Gasteiger partial charge in [-0.25, -0.2) is 0 Å². The lowest BCUT2D eigenvalue weighted by Gasteiger charge is -2.34. The van der Waals surface area contributed by atoms with E-state index >= 15 is 0 Å². The number of rotatable bonds is 4. The molecule has 0 saturated heterocycles. The van der Waals surface area contributed by atoms with Crippen molar-refractivity contribution in [1.82, 2.24) is 15.2 Å². The summed E-state index contributed by atoms with van der Waals surface area (Å²) in [5.41, 5.74) is 1.58. The molecule has 2 unspecified atom stereocenters. The maximum Gasteiger partial charge on any atom is 0.268 e. The Kier molecular flexibility index (Phi) is 5.50. The van der Waals surface area contributed by atoms with Crippen LogP contribution in [0.1, 0.15) is 43.6 Å². The summed E-state index contributed by atoms with van der Waals surface area (Å²) in [4.78, 5) is 25.5. The second-order valence-corrected chi connectivity index (χ2v) is 7.61. The van der Waals surface area contributed by atoms with Gasteiger partial charge >= 0.3 is 0 Å². The van der Waals surface area contributed by atoms with Gasteiger partial charge in [0.15, 0.2) is 0 Å². The van der Waals surface area contributed by atoms with Crippen LogP contribution in [0, 0.1) is 23.2 Å². The number of nitriles is 1. The van der Waals surface area contributed by atoms with E-state index in [1.165, 1.54) is 0 Å². The number of hydrogen-bond donors (Lipinski definition) is 2. The number of hydrogen-bond acceptors (Lipinski definition) is 3. The van der Waals surface area contributed by atoms with Gasteiger partial charge in [-0.15, -0.1) is 0 Å². The zero-order valence-corrected chi connectivity index (χ0v) is 16.0. The van der Waals surface area contributed by atoms with Crippen LogP contribution in [0.2, 0.25) is 0 Å². The third kappa shape index (κ3) is 3.97. The van der Waals surface area contributed by atoms with Crippen molar-refractivity contribution >= 4 is 22.7 Å². The zero-order valence-electron chi connectivity index (χ0n) is 16.0. The minimum absolute atomic E-state index is 0.154. The van der Waals surface area contributed by atoms with E-state index in [9.17, 15) is 9.59 Å². The molecule has 3 rings (SSSR count). The van der Waals surface area contributed by atoms with Gasteiger partial charge in [-0.3, -0.25) is 9.59 Å². The Hall–Kier alpha value is -2.81. The number of fused-ring (bicyclic) bond motifs is 1. The first-order chi connectivity index (χ1) is 12.9. The van der Waals surface area contributed by atoms with Gasteiger partial charge in [0.05, 0.1) is 12.0 Å². The average Bonchev–Trinajstić information content (AvgIpc) is 2.99. The molecule has 0 radical (unpaired) electrons. The third-order valence-corrected chi connectivity index (χ3v) is 5.50. The summed E-state index contributed by atoms with van der Waals surface area (Å²) < 4.78 is 1.88. The van der Waals surface area contributed by atoms with E-state index < -0.39 is 6.04 Å². The van der Waals surface area contributed by atoms with E-state index in [0.29, 0.717) is 18.0 Å². The van der Waals surface area contributed by atoms with Crippen LogP contribution in [-0.2, 0) is 11.8 Å². The number of nitrogens with zero attached hydrogens (tertiary/aromatic N) is 2. The van der Waals surface area contributed by atoms with Crippen LogP contribution in [0.4, 0.5) is 0 Å². The third-order valence-electron chi connectivity index (χ3n) is 5.50. The number of nitrogens with one attached hydrogen (secondary N) is 2. The fourth-order valence-corrected chi connectivity index (χ4v) is 3.96. The summed E-state index contributed by atoms with van der Waals surface area (Å²) in [6.07, 6.45) is 2.42. The second kappa shape index (κ2) is 7.83. The van der Waals surface area contributed by atoms with E-state index in [0.717, 1.165) is 23.7 Å². The highest BCUT2D eigenvalue weighted by Crippen LogP contribution is 2.30. The van der Waals surface area contributed by atoms with E-state index in [4.69, 9.17) is 5.26 Å². The van der Waals surface area contributed by atoms with Crippen LogP contribution in [-0.4, -0.2) is 28.5 Å². The van der Waals surface area contributed by atoms with Gasteiger partial charge in [-0.1, -0.05) is 25.1 Å². The summed E-state index contributed by atoms with van der Waals surface area (Å²) in [5, 5.41) is 15.8. The molecule has 1 aliphatic carbocycles. The normalized spacial score (nSPS) is 23.4. The van der Waals surface area contributed by atoms with Crippen molar-refractivity contribution in [1.29, 1.82) is 5.26 Å². The lowest BCUT2D eigenvalue weighted by molar-refractivity contribution is -0.127. The predicted octanol–water partition coefficient (Wildman–Crippen LogP) is 2.74. The van der Waals surface area contributed by atoms with E-state index in [2.05, 4.69) is 17.6 Å². The zero-order chi connectivity index (χ0) is 19.6. The SMILES string of the molecule is CC1CC[C@@H](C(=O)NC(C)C#N)[C@@H](NC(=O)c2cc3ccccc3n2C)C1. The molecule has 0 bridgehead atoms. The Morgan fingerprint density at radius 1 is 1.30 bits per heavy atom. The van der Waals surface area contributed by atoms with E-state index in [1.54, 1.807) is 6.92 Å². The number of para-hydroxylation sites is 1. The molecule has 1 heterocycles. The van der Waals surface area contributed by atoms with Gasteiger partial charge in [0.25, 0.3) is 5.91 Å². The summed E-state index contributed by atoms with van der Waals surface area (Å²) in [5.74, 6) is -0.187. The van der Waals surface area contributed by atoms with Crippen LogP contribution in [0.5, 0.6) is 0 Å². The van der Waals surface area contributed by atoms with Crippen LogP contribution in [0.25, 0.3) is 10.9 Å². The molecule has 2 amide bonds. The van der Waals surface area contributed by atoms with Gasteiger partial charge in [0.2, 0.25) is 5.91 Å². The molecule has 1 saturated carbocycles. The summed E-state index contributed by atoms with van der Waals surface area (Å²) in [6.45, 7) is 3.80. The molecule has 2 aromatic rings. The first-order valence-electron chi connectivity index (χ1n) is 9.46. The minimum atomic E-state index is -0.536. The van der Waals surface area contributed by atoms with E-state index in [1.807, 2.05) is 48.0 Å². The van der Waals surface area contributed by atoms with Gasteiger partial charge in [-0.2, -0.15) is 5.26 Å². The molecule has 142 valence electrons. The highest BCUT2D eigenvalue weighted by Gasteiger charge is 2.35. The standard InChI is InChI=1S/C21H26N4O2/c1-13-8-9-16(20(26)23-14(2)12-22)17(10-13)24-21(27)19-11-15-6-4-5-7-18(15)25(19)3/h4-7,11,13-14,16-17H,8-10H2,1-3H3,(H,23,26)(H,24,27)/t13?,14?,16-,17+/m1/s1. The van der Waals surface area contributed by atoms with Crippen LogP contribution >= 0.6 is 0 Å². The van der Waals surface area contributed by atoms with Crippen molar-refractivity contribution in [3.8, 4) is 6.07 Å². The summed E-state index contributed by atoms with van der Waals surface area (Å²) >= 11 is 0. The smallest absolute Gasteiger partial charge is 0.268 e. The van der Waals surface area contributed by atoms with Gasteiger partial charge in [-0.05, 0) is 44.2 Å². The molecular weight excluding hydrogens is 340 g/mol. The fourth-order valence-electron chi connectivity index (χ4n) is 3.96. The minimum Gasteiger partial charge on any atom is -0.347 e. The molecule has 27 heavy (non-hydrogen) atoms. The van der Waals surface area contributed by atoms with Crippen molar-refractivity contribution in [2.75, 3.05) is 0 Å². The second-order valence-electron chi connectivity index (χ2n) is 7.61. The average molecular weight is 366 g/mol. The number of benzene rings is 1. The van der Waals surface area contributed by atoms with Crippen molar-refractivity contribution in [3.63, 3.8) is 0 Å². The largest absolute Gasteiger partial charge is 0.347 e. The summed E-state index contributed by atoms with van der Waals surface area (Å²) in [6, 6.07) is 11.0. The topological polar surface area (TPSA) is 86.9 Å². The first-order valence-corrected chi connectivity index (χ1v) is 9.46. The molecule has 4 atom stereocenters. The van der Waals surface area contributed by atoms with Crippen LogP contribution in [0.15, 0.2) is 30.3 Å². The molecule has 1 aromatic carbocycles. The van der Waals surface area contributed by atoms with Crippen molar-refractivity contribution in [2.45, 2.75) is 45.2 Å². The number of aryl methyl sites for hydroxylation is 1. The quantitative estimate of drug-likeness (QED) is 0.872. The molecule has 1 aliphatic rings. The van der Waals surface area contributed by atoms with Crippen molar-refractivity contribution in [2.24, 2.45) is 18.9 Å². The highest BCUT2D eigenvalue weighted by atomic mass is 16.2. The Morgan fingerprint density at radius 3 is 2.74 bits per heavy atom. The Morgan fingerprint density at radius 2 is 2.04 bits per heavy atom. The number of carbonyl (C=O) groups is 2. The first kappa shape index (κ1) is 19.0. The number of aromatic nitrogens is 1. The molecule has 1 aromatic heterocycles. The van der Waals surface area contributed by atoms with Gasteiger partial charge in [0, 0.05) is 24.0 Å². The predicted molar refractivity (Wildman–Crippen MR) is 104 cm³/mol. The molecule has 1 fully saturated rings. The molecular formula is C21H26N4O2. The molecule has 0 spiro atoms. The Labute approximate surface area is 159 Å². The van der Waals surface area contributed by atoms with Crippen LogP contribution < -0.4 is 10.6 Å². The lowest BCUT2D eigenvalue weighted by atomic mass is 9.78.